The van der Waals surface area contributed by atoms with Crippen molar-refractivity contribution in [2.75, 3.05) is 49.7 Å². The largest absolute Gasteiger partial charge is 0.369 e. The quantitative estimate of drug-likeness (QED) is 0.889. The normalized spacial score (nSPS) is 15.7. The van der Waals surface area contributed by atoms with Crippen LogP contribution in [0.15, 0.2) is 53.4 Å². The Labute approximate surface area is 154 Å². The van der Waals surface area contributed by atoms with Crippen molar-refractivity contribution in [1.29, 1.82) is 0 Å². The molecule has 1 N–H and O–H groups in total. The topological polar surface area (TPSA) is 69.7 Å². The maximum atomic E-state index is 12.3. The van der Waals surface area contributed by atoms with Gasteiger partial charge in [0.25, 0.3) is 5.91 Å². The first kappa shape index (κ1) is 18.4. The van der Waals surface area contributed by atoms with Gasteiger partial charge in [-0.05, 0) is 55.6 Å². The van der Waals surface area contributed by atoms with Crippen molar-refractivity contribution >= 4 is 27.1 Å². The Morgan fingerprint density at radius 1 is 0.923 bits per heavy atom. The summed E-state index contributed by atoms with van der Waals surface area (Å²) >= 11 is 0. The number of nitrogens with one attached hydrogen (secondary N) is 1. The molecule has 0 bridgehead atoms. The molecule has 0 atom stereocenters. The Morgan fingerprint density at radius 3 is 2.04 bits per heavy atom. The van der Waals surface area contributed by atoms with E-state index >= 15 is 0 Å². The van der Waals surface area contributed by atoms with Gasteiger partial charge in [-0.15, -0.1) is 0 Å². The van der Waals surface area contributed by atoms with Gasteiger partial charge in [0.2, 0.25) is 0 Å². The van der Waals surface area contributed by atoms with E-state index in [4.69, 9.17) is 0 Å². The van der Waals surface area contributed by atoms with Crippen LogP contribution in [0.4, 0.5) is 11.4 Å². The molecule has 7 heteroatoms. The second-order valence-electron chi connectivity index (χ2n) is 6.59. The zero-order valence-electron chi connectivity index (χ0n) is 15.0. The van der Waals surface area contributed by atoms with Gasteiger partial charge in [0.15, 0.2) is 9.84 Å². The zero-order chi connectivity index (χ0) is 18.7. The molecule has 0 spiro atoms. The molecule has 1 aliphatic heterocycles. The summed E-state index contributed by atoms with van der Waals surface area (Å²) in [6, 6.07) is 13.7. The third kappa shape index (κ3) is 4.42. The van der Waals surface area contributed by atoms with Gasteiger partial charge in [-0.3, -0.25) is 4.79 Å². The summed E-state index contributed by atoms with van der Waals surface area (Å²) in [5.41, 5.74) is 2.27. The summed E-state index contributed by atoms with van der Waals surface area (Å²) in [5.74, 6) is -0.266. The van der Waals surface area contributed by atoms with Crippen LogP contribution >= 0.6 is 0 Å². The summed E-state index contributed by atoms with van der Waals surface area (Å²) < 4.78 is 23.0. The molecular weight excluding hydrogens is 350 g/mol. The van der Waals surface area contributed by atoms with Crippen LogP contribution in [0.2, 0.25) is 0 Å². The highest BCUT2D eigenvalue weighted by Gasteiger charge is 2.14. The molecule has 2 aromatic carbocycles. The number of anilines is 2. The van der Waals surface area contributed by atoms with Gasteiger partial charge in [-0.1, -0.05) is 0 Å². The van der Waals surface area contributed by atoms with Crippen LogP contribution in [0.5, 0.6) is 0 Å². The highest BCUT2D eigenvalue weighted by molar-refractivity contribution is 7.90. The van der Waals surface area contributed by atoms with E-state index in [1.54, 1.807) is 0 Å². The summed E-state index contributed by atoms with van der Waals surface area (Å²) in [5, 5.41) is 2.84. The SMILES string of the molecule is CN1CCN(c2ccc(NC(=O)c3ccc(S(C)(=O)=O)cc3)cc2)CC1. The Balaban J connectivity index is 1.64. The maximum Gasteiger partial charge on any atom is 0.255 e. The van der Waals surface area contributed by atoms with Crippen LogP contribution in [-0.2, 0) is 9.84 Å². The first-order valence-electron chi connectivity index (χ1n) is 8.48. The highest BCUT2D eigenvalue weighted by Crippen LogP contribution is 2.20. The standard InChI is InChI=1S/C19H23N3O3S/c1-21-11-13-22(14-12-21)17-7-5-16(6-8-17)20-19(23)15-3-9-18(10-4-15)26(2,24)25/h3-10H,11-14H2,1-2H3,(H,20,23). The molecule has 0 aliphatic carbocycles. The number of hydrogen-bond acceptors (Lipinski definition) is 5. The van der Waals surface area contributed by atoms with Gasteiger partial charge in [0, 0.05) is 49.4 Å². The average molecular weight is 373 g/mol. The van der Waals surface area contributed by atoms with Crippen molar-refractivity contribution in [2.24, 2.45) is 0 Å². The number of amides is 1. The molecule has 1 aliphatic rings. The number of rotatable bonds is 4. The molecule has 1 fully saturated rings. The van der Waals surface area contributed by atoms with Crippen LogP contribution in [-0.4, -0.2) is 58.7 Å². The molecular formula is C19H23N3O3S. The Bertz CT molecular complexity index is 869. The molecule has 138 valence electrons. The number of likely N-dealkylation sites (N-methyl/N-ethyl adjacent to an activating group) is 1. The predicted octanol–water partition coefficient (Wildman–Crippen LogP) is 2.09. The second kappa shape index (κ2) is 7.47. The van der Waals surface area contributed by atoms with Crippen LogP contribution in [0, 0.1) is 0 Å². The van der Waals surface area contributed by atoms with Crippen LogP contribution < -0.4 is 10.2 Å². The monoisotopic (exact) mass is 373 g/mol. The van der Waals surface area contributed by atoms with E-state index in [0.29, 0.717) is 11.3 Å². The van der Waals surface area contributed by atoms with Crippen molar-refractivity contribution in [2.45, 2.75) is 4.90 Å². The van der Waals surface area contributed by atoms with Crippen molar-refractivity contribution in [3.05, 3.63) is 54.1 Å². The number of benzene rings is 2. The minimum absolute atomic E-state index is 0.200. The van der Waals surface area contributed by atoms with Crippen molar-refractivity contribution in [1.82, 2.24) is 4.90 Å². The fourth-order valence-corrected chi connectivity index (χ4v) is 3.51. The number of hydrogen-bond donors (Lipinski definition) is 1. The molecule has 0 unspecified atom stereocenters. The van der Waals surface area contributed by atoms with Crippen LogP contribution in [0.3, 0.4) is 0 Å². The first-order valence-corrected chi connectivity index (χ1v) is 10.4. The smallest absolute Gasteiger partial charge is 0.255 e. The summed E-state index contributed by atoms with van der Waals surface area (Å²) in [4.78, 5) is 17.2. The van der Waals surface area contributed by atoms with Crippen LogP contribution in [0.1, 0.15) is 10.4 Å². The maximum absolute atomic E-state index is 12.3. The highest BCUT2D eigenvalue weighted by atomic mass is 32.2. The Kier molecular flexibility index (Phi) is 5.29. The van der Waals surface area contributed by atoms with Crippen molar-refractivity contribution in [3.8, 4) is 0 Å². The molecule has 0 radical (unpaired) electrons. The lowest BCUT2D eigenvalue weighted by Crippen LogP contribution is -2.44. The lowest BCUT2D eigenvalue weighted by Gasteiger charge is -2.34. The van der Waals surface area contributed by atoms with E-state index in [1.807, 2.05) is 24.3 Å². The molecule has 1 amide bonds. The summed E-state index contributed by atoms with van der Waals surface area (Å²) in [6.45, 7) is 4.08. The fraction of sp³-hybridized carbons (Fsp3) is 0.316. The minimum atomic E-state index is -3.26. The summed E-state index contributed by atoms with van der Waals surface area (Å²) in [6.07, 6.45) is 1.14. The van der Waals surface area contributed by atoms with Gasteiger partial charge in [-0.25, -0.2) is 8.42 Å². The van der Waals surface area contributed by atoms with Gasteiger partial charge in [-0.2, -0.15) is 0 Å². The lowest BCUT2D eigenvalue weighted by molar-refractivity contribution is 0.102. The molecule has 26 heavy (non-hydrogen) atoms. The number of nitrogens with zero attached hydrogens (tertiary/aromatic N) is 2. The Morgan fingerprint density at radius 2 is 1.50 bits per heavy atom. The van der Waals surface area contributed by atoms with Crippen molar-refractivity contribution < 1.29 is 13.2 Å². The van der Waals surface area contributed by atoms with Gasteiger partial charge >= 0.3 is 0 Å². The van der Waals surface area contributed by atoms with Gasteiger partial charge in [0.1, 0.15) is 0 Å². The molecule has 1 saturated heterocycles. The van der Waals surface area contributed by atoms with Crippen LogP contribution in [0.25, 0.3) is 0 Å². The Hall–Kier alpha value is -2.38. The number of sulfone groups is 1. The molecule has 2 aromatic rings. The lowest BCUT2D eigenvalue weighted by atomic mass is 10.2. The zero-order valence-corrected chi connectivity index (χ0v) is 15.8. The second-order valence-corrected chi connectivity index (χ2v) is 8.60. The molecule has 6 nitrogen and oxygen atoms in total. The third-order valence-electron chi connectivity index (χ3n) is 4.54. The van der Waals surface area contributed by atoms with E-state index in [-0.39, 0.29) is 10.8 Å². The summed E-state index contributed by atoms with van der Waals surface area (Å²) in [7, 11) is -1.14. The molecule has 0 saturated carbocycles. The van der Waals surface area contributed by atoms with E-state index < -0.39 is 9.84 Å². The minimum Gasteiger partial charge on any atom is -0.369 e. The van der Waals surface area contributed by atoms with Crippen molar-refractivity contribution in [3.63, 3.8) is 0 Å². The first-order chi connectivity index (χ1) is 12.3. The van der Waals surface area contributed by atoms with Gasteiger partial charge < -0.3 is 15.1 Å². The number of carbonyl (C=O) groups excluding carboxylic acids is 1. The van der Waals surface area contributed by atoms with E-state index in [9.17, 15) is 13.2 Å². The third-order valence-corrected chi connectivity index (χ3v) is 5.67. The molecule has 3 rings (SSSR count). The van der Waals surface area contributed by atoms with E-state index in [1.165, 1.54) is 24.3 Å². The van der Waals surface area contributed by atoms with E-state index in [2.05, 4.69) is 22.2 Å². The van der Waals surface area contributed by atoms with E-state index in [0.717, 1.165) is 38.1 Å². The number of carbonyl (C=O) groups is 1. The fourth-order valence-electron chi connectivity index (χ4n) is 2.88. The number of piperazine rings is 1. The average Bonchev–Trinajstić information content (AvgIpc) is 2.62. The molecule has 1 heterocycles. The van der Waals surface area contributed by atoms with Gasteiger partial charge in [0.05, 0.1) is 4.90 Å². The molecule has 0 aromatic heterocycles. The predicted molar refractivity (Wildman–Crippen MR) is 104 cm³/mol.